The van der Waals surface area contributed by atoms with E-state index in [0.29, 0.717) is 0 Å². The molecule has 0 atom stereocenters. The summed E-state index contributed by atoms with van der Waals surface area (Å²) in [6.45, 7) is 6.86. The van der Waals surface area contributed by atoms with Crippen LogP contribution >= 0.6 is 0 Å². The maximum atomic E-state index is 2.40. The van der Waals surface area contributed by atoms with E-state index in [1.807, 2.05) is 0 Å². The summed E-state index contributed by atoms with van der Waals surface area (Å²) in [4.78, 5) is 2.31. The van der Waals surface area contributed by atoms with Crippen LogP contribution in [0.1, 0.15) is 26.3 Å². The predicted molar refractivity (Wildman–Crippen MR) is 256 cm³/mol. The number of anilines is 3. The van der Waals surface area contributed by atoms with Crippen LogP contribution in [0.25, 0.3) is 72.0 Å². The summed E-state index contributed by atoms with van der Waals surface area (Å²) in [5.41, 5.74) is 18.0. The highest BCUT2D eigenvalue weighted by molar-refractivity contribution is 6.10. The molecule has 1 aromatic heterocycles. The van der Waals surface area contributed by atoms with E-state index in [4.69, 9.17) is 0 Å². The van der Waals surface area contributed by atoms with Crippen LogP contribution in [0.5, 0.6) is 0 Å². The second-order valence-corrected chi connectivity index (χ2v) is 16.7. The molecule has 0 aliphatic rings. The van der Waals surface area contributed by atoms with E-state index in [1.54, 1.807) is 0 Å². The topological polar surface area (TPSA) is 8.17 Å². The van der Waals surface area contributed by atoms with Crippen LogP contribution < -0.4 is 4.90 Å². The molecule has 0 saturated carbocycles. The molecule has 0 N–H and O–H groups in total. The highest BCUT2D eigenvalue weighted by Gasteiger charge is 2.19. The number of aromatic nitrogens is 1. The molecule has 10 aromatic rings. The SMILES string of the molecule is CC(C)(C)c1ccc2c(c1)c1cc(-c3ccc(-c4ccc(-c5ccc(N(c6ccccc6)c6ccc(-c7ccccc7)cc6)cc5)cc4)cc3)ccc1n2-c1ccccc1. The molecule has 9 aromatic carbocycles. The van der Waals surface area contributed by atoms with Gasteiger partial charge in [-0.1, -0.05) is 172 Å². The van der Waals surface area contributed by atoms with Gasteiger partial charge < -0.3 is 9.47 Å². The van der Waals surface area contributed by atoms with Gasteiger partial charge in [-0.15, -0.1) is 0 Å². The number of hydrogen-bond acceptors (Lipinski definition) is 1. The minimum atomic E-state index is 0.0628. The maximum absolute atomic E-state index is 2.40. The summed E-state index contributed by atoms with van der Waals surface area (Å²) in [5, 5.41) is 2.56. The molecule has 0 fully saturated rings. The molecule has 0 aliphatic heterocycles. The first kappa shape index (κ1) is 36.9. The van der Waals surface area contributed by atoms with Crippen molar-refractivity contribution in [2.24, 2.45) is 0 Å². The largest absolute Gasteiger partial charge is 0.311 e. The van der Waals surface area contributed by atoms with Crippen LogP contribution in [0.4, 0.5) is 17.1 Å². The summed E-state index contributed by atoms with van der Waals surface area (Å²) >= 11 is 0. The molecule has 288 valence electrons. The van der Waals surface area contributed by atoms with Gasteiger partial charge in [-0.3, -0.25) is 0 Å². The first-order valence-electron chi connectivity index (χ1n) is 20.8. The van der Waals surface area contributed by atoms with Crippen molar-refractivity contribution in [1.29, 1.82) is 0 Å². The lowest BCUT2D eigenvalue weighted by atomic mass is 9.86. The third-order valence-corrected chi connectivity index (χ3v) is 11.8. The fourth-order valence-corrected chi connectivity index (χ4v) is 8.50. The van der Waals surface area contributed by atoms with Crippen LogP contribution in [0.15, 0.2) is 224 Å². The van der Waals surface area contributed by atoms with Gasteiger partial charge in [0.15, 0.2) is 0 Å². The van der Waals surface area contributed by atoms with Crippen molar-refractivity contribution >= 4 is 38.9 Å². The highest BCUT2D eigenvalue weighted by Crippen LogP contribution is 2.39. The van der Waals surface area contributed by atoms with Gasteiger partial charge in [0, 0.05) is 33.5 Å². The Morgan fingerprint density at radius 3 is 1.15 bits per heavy atom. The first-order chi connectivity index (χ1) is 29.4. The van der Waals surface area contributed by atoms with Gasteiger partial charge in [-0.2, -0.15) is 0 Å². The Kier molecular flexibility index (Phi) is 9.47. The first-order valence-corrected chi connectivity index (χ1v) is 20.8. The quantitative estimate of drug-likeness (QED) is 0.149. The second kappa shape index (κ2) is 15.4. The average molecular weight is 771 g/mol. The van der Waals surface area contributed by atoms with Crippen LogP contribution in [0.3, 0.4) is 0 Å². The monoisotopic (exact) mass is 770 g/mol. The molecule has 1 heterocycles. The Labute approximate surface area is 353 Å². The van der Waals surface area contributed by atoms with Crippen molar-refractivity contribution in [3.8, 4) is 50.2 Å². The van der Waals surface area contributed by atoms with E-state index in [-0.39, 0.29) is 5.41 Å². The van der Waals surface area contributed by atoms with E-state index in [0.717, 1.165) is 17.1 Å². The van der Waals surface area contributed by atoms with Crippen molar-refractivity contribution in [3.63, 3.8) is 0 Å². The van der Waals surface area contributed by atoms with Crippen LogP contribution in [0.2, 0.25) is 0 Å². The number of benzene rings is 9. The fourth-order valence-electron chi connectivity index (χ4n) is 8.50. The van der Waals surface area contributed by atoms with Crippen molar-refractivity contribution < 1.29 is 0 Å². The normalized spacial score (nSPS) is 11.6. The smallest absolute Gasteiger partial charge is 0.0541 e. The molecule has 10 rings (SSSR count). The lowest BCUT2D eigenvalue weighted by Gasteiger charge is -2.26. The summed E-state index contributed by atoms with van der Waals surface area (Å²) < 4.78 is 2.40. The van der Waals surface area contributed by atoms with Crippen molar-refractivity contribution in [3.05, 3.63) is 230 Å². The molecule has 2 nitrogen and oxygen atoms in total. The van der Waals surface area contributed by atoms with Gasteiger partial charge in [-0.25, -0.2) is 0 Å². The molecule has 0 bridgehead atoms. The van der Waals surface area contributed by atoms with E-state index in [9.17, 15) is 0 Å². The fraction of sp³-hybridized carbons (Fsp3) is 0.0690. The Balaban J connectivity index is 0.906. The van der Waals surface area contributed by atoms with Crippen molar-refractivity contribution in [2.45, 2.75) is 26.2 Å². The van der Waals surface area contributed by atoms with E-state index in [2.05, 4.69) is 255 Å². The minimum absolute atomic E-state index is 0.0628. The Hall–Kier alpha value is -7.42. The van der Waals surface area contributed by atoms with Crippen molar-refractivity contribution in [1.82, 2.24) is 4.57 Å². The molecular weight excluding hydrogens is 725 g/mol. The van der Waals surface area contributed by atoms with Crippen molar-refractivity contribution in [2.75, 3.05) is 4.90 Å². The number of hydrogen-bond donors (Lipinski definition) is 0. The molecule has 2 heteroatoms. The molecule has 60 heavy (non-hydrogen) atoms. The van der Waals surface area contributed by atoms with E-state index in [1.165, 1.54) is 77.6 Å². The summed E-state index contributed by atoms with van der Waals surface area (Å²) in [5.74, 6) is 0. The third kappa shape index (κ3) is 7.07. The zero-order valence-corrected chi connectivity index (χ0v) is 34.3. The van der Waals surface area contributed by atoms with Crippen LogP contribution in [0, 0.1) is 0 Å². The number of rotatable bonds is 8. The van der Waals surface area contributed by atoms with Crippen LogP contribution in [-0.4, -0.2) is 4.57 Å². The number of nitrogens with zero attached hydrogens (tertiary/aromatic N) is 2. The molecule has 0 unspecified atom stereocenters. The van der Waals surface area contributed by atoms with Gasteiger partial charge >= 0.3 is 0 Å². The minimum Gasteiger partial charge on any atom is -0.311 e. The third-order valence-electron chi connectivity index (χ3n) is 11.8. The zero-order valence-electron chi connectivity index (χ0n) is 34.3. The van der Waals surface area contributed by atoms with Gasteiger partial charge in [0.1, 0.15) is 0 Å². The summed E-state index contributed by atoms with van der Waals surface area (Å²) in [6.07, 6.45) is 0. The number of para-hydroxylation sites is 2. The Bertz CT molecular complexity index is 3050. The maximum Gasteiger partial charge on any atom is 0.0541 e. The van der Waals surface area contributed by atoms with Gasteiger partial charge in [0.05, 0.1) is 11.0 Å². The van der Waals surface area contributed by atoms with Gasteiger partial charge in [0.25, 0.3) is 0 Å². The number of fused-ring (bicyclic) bond motifs is 3. The molecule has 0 amide bonds. The Morgan fingerprint density at radius 2 is 0.667 bits per heavy atom. The lowest BCUT2D eigenvalue weighted by molar-refractivity contribution is 0.591. The molecule has 0 spiro atoms. The highest BCUT2D eigenvalue weighted by atomic mass is 15.1. The summed E-state index contributed by atoms with van der Waals surface area (Å²) in [6, 6.07) is 81.4. The van der Waals surface area contributed by atoms with Crippen LogP contribution in [-0.2, 0) is 5.41 Å². The van der Waals surface area contributed by atoms with E-state index < -0.39 is 0 Å². The standard InChI is InChI=1S/C58H46N2/c1-58(2,3)49-32-38-57-55(40-49)54-39-48(31-37-56(54)60(57)51-17-11-6-12-18-51)47-25-23-43(24-26-47)42-19-21-44(22-20-42)46-29-35-53(36-30-46)59(50-15-9-5-10-16-50)52-33-27-45(28-34-52)41-13-7-4-8-14-41/h4-40H,1-3H3. The molecule has 0 aliphatic carbocycles. The molecular formula is C58H46N2. The zero-order chi connectivity index (χ0) is 40.6. The molecule has 0 saturated heterocycles. The van der Waals surface area contributed by atoms with Gasteiger partial charge in [0.2, 0.25) is 0 Å². The van der Waals surface area contributed by atoms with E-state index >= 15 is 0 Å². The second-order valence-electron chi connectivity index (χ2n) is 16.7. The Morgan fingerprint density at radius 1 is 0.317 bits per heavy atom. The lowest BCUT2D eigenvalue weighted by Crippen LogP contribution is -2.10. The molecule has 0 radical (unpaired) electrons. The predicted octanol–water partition coefficient (Wildman–Crippen LogP) is 16.2. The van der Waals surface area contributed by atoms with Gasteiger partial charge in [-0.05, 0) is 128 Å². The average Bonchev–Trinajstić information content (AvgIpc) is 3.63. The summed E-state index contributed by atoms with van der Waals surface area (Å²) in [7, 11) is 0.